The lowest BCUT2D eigenvalue weighted by Gasteiger charge is -1.98. The van der Waals surface area contributed by atoms with Crippen LogP contribution in [0.25, 0.3) is 5.57 Å². The van der Waals surface area contributed by atoms with Gasteiger partial charge in [-0.15, -0.1) is 0 Å². The number of allylic oxidation sites excluding steroid dienone is 1. The van der Waals surface area contributed by atoms with E-state index >= 15 is 0 Å². The fourth-order valence-corrected chi connectivity index (χ4v) is 1.18. The predicted molar refractivity (Wildman–Crippen MR) is 48.9 cm³/mol. The number of nitriles is 1. The van der Waals surface area contributed by atoms with Gasteiger partial charge in [-0.25, -0.2) is 0 Å². The number of hydrogen-bond acceptors (Lipinski definition) is 2. The molecule has 0 N–H and O–H groups in total. The van der Waals surface area contributed by atoms with E-state index in [9.17, 15) is 0 Å². The summed E-state index contributed by atoms with van der Waals surface area (Å²) < 4.78 is 0. The first-order chi connectivity index (χ1) is 5.65. The van der Waals surface area contributed by atoms with Gasteiger partial charge in [-0.05, 0) is 6.07 Å². The van der Waals surface area contributed by atoms with Crippen LogP contribution in [0, 0.1) is 11.3 Å². The number of halogens is 2. The lowest BCUT2D eigenvalue weighted by molar-refractivity contribution is 1.28. The van der Waals surface area contributed by atoms with Gasteiger partial charge >= 0.3 is 0 Å². The molecule has 2 nitrogen and oxygen atoms in total. The van der Waals surface area contributed by atoms with Crippen molar-refractivity contribution in [2.24, 2.45) is 0 Å². The van der Waals surface area contributed by atoms with Crippen LogP contribution in [-0.2, 0) is 0 Å². The van der Waals surface area contributed by atoms with Gasteiger partial charge in [0.25, 0.3) is 0 Å². The molecule has 12 heavy (non-hydrogen) atoms. The first kappa shape index (κ1) is 9.05. The Morgan fingerprint density at radius 1 is 1.58 bits per heavy atom. The third-order valence-corrected chi connectivity index (χ3v) is 1.72. The Hall–Kier alpha value is -1.04. The Kier molecular flexibility index (Phi) is 2.69. The first-order valence-corrected chi connectivity index (χ1v) is 3.81. The minimum Gasteiger partial charge on any atom is -0.252 e. The molecule has 0 aliphatic heterocycles. The number of rotatable bonds is 1. The van der Waals surface area contributed by atoms with E-state index < -0.39 is 0 Å². The first-order valence-electron chi connectivity index (χ1n) is 3.05. The zero-order valence-corrected chi connectivity index (χ0v) is 7.52. The van der Waals surface area contributed by atoms with Crippen LogP contribution in [0.4, 0.5) is 0 Å². The van der Waals surface area contributed by atoms with Crippen molar-refractivity contribution in [3.8, 4) is 6.07 Å². The molecule has 0 saturated heterocycles. The Morgan fingerprint density at radius 2 is 2.25 bits per heavy atom. The van der Waals surface area contributed by atoms with E-state index in [1.807, 2.05) is 6.07 Å². The number of nitrogens with zero attached hydrogens (tertiary/aromatic N) is 2. The molecule has 4 heteroatoms. The van der Waals surface area contributed by atoms with Crippen LogP contribution in [0.3, 0.4) is 0 Å². The van der Waals surface area contributed by atoms with Crippen molar-refractivity contribution in [1.82, 2.24) is 4.98 Å². The van der Waals surface area contributed by atoms with Gasteiger partial charge in [-0.1, -0.05) is 29.8 Å². The molecule has 0 spiro atoms. The van der Waals surface area contributed by atoms with Crippen molar-refractivity contribution in [2.75, 3.05) is 0 Å². The van der Waals surface area contributed by atoms with Crippen LogP contribution in [-0.4, -0.2) is 4.98 Å². The molecule has 0 bridgehead atoms. The van der Waals surface area contributed by atoms with Crippen LogP contribution in [0.15, 0.2) is 18.8 Å². The van der Waals surface area contributed by atoms with Gasteiger partial charge in [-0.3, -0.25) is 4.98 Å². The van der Waals surface area contributed by atoms with Crippen LogP contribution >= 0.6 is 23.2 Å². The van der Waals surface area contributed by atoms with Gasteiger partial charge in [-0.2, -0.15) is 5.26 Å². The number of aromatic nitrogens is 1. The largest absolute Gasteiger partial charge is 0.252 e. The highest BCUT2D eigenvalue weighted by Crippen LogP contribution is 2.22. The van der Waals surface area contributed by atoms with Crippen molar-refractivity contribution in [3.05, 3.63) is 34.6 Å². The molecule has 1 rings (SSSR count). The smallest absolute Gasteiger partial charge is 0.101 e. The van der Waals surface area contributed by atoms with Gasteiger partial charge in [0.05, 0.1) is 21.3 Å². The molecule has 0 atom stereocenters. The van der Waals surface area contributed by atoms with Crippen LogP contribution in [0.2, 0.25) is 10.0 Å². The molecule has 0 saturated carbocycles. The molecular formula is C8H4Cl2N2. The monoisotopic (exact) mass is 198 g/mol. The zero-order chi connectivity index (χ0) is 9.14. The maximum atomic E-state index is 8.50. The van der Waals surface area contributed by atoms with Crippen molar-refractivity contribution in [2.45, 2.75) is 0 Å². The average molecular weight is 199 g/mol. The fraction of sp³-hybridized carbons (Fsp3) is 0. The minimum atomic E-state index is 0.233. The highest BCUT2D eigenvalue weighted by molar-refractivity contribution is 6.35. The lowest BCUT2D eigenvalue weighted by atomic mass is 10.2. The summed E-state index contributed by atoms with van der Waals surface area (Å²) in [6.07, 6.45) is 1.42. The number of hydrogen-bond donors (Lipinski definition) is 0. The Morgan fingerprint density at radius 3 is 2.75 bits per heavy atom. The third kappa shape index (κ3) is 1.76. The maximum absolute atomic E-state index is 8.50. The zero-order valence-electron chi connectivity index (χ0n) is 6.01. The molecule has 1 heterocycles. The summed E-state index contributed by atoms with van der Waals surface area (Å²) in [5, 5.41) is 9.28. The Labute approximate surface area is 80.1 Å². The highest BCUT2D eigenvalue weighted by Gasteiger charge is 2.05. The molecule has 0 aliphatic rings. The van der Waals surface area contributed by atoms with E-state index in [0.717, 1.165) is 0 Å². The van der Waals surface area contributed by atoms with Gasteiger partial charge in [0.15, 0.2) is 0 Å². The summed E-state index contributed by atoms with van der Waals surface area (Å²) in [5.74, 6) is 0. The van der Waals surface area contributed by atoms with Gasteiger partial charge < -0.3 is 0 Å². The summed E-state index contributed by atoms with van der Waals surface area (Å²) in [6, 6.07) is 3.38. The van der Waals surface area contributed by atoms with Crippen molar-refractivity contribution in [3.63, 3.8) is 0 Å². The summed E-state index contributed by atoms with van der Waals surface area (Å²) in [7, 11) is 0. The molecule has 0 amide bonds. The molecule has 0 radical (unpaired) electrons. The minimum absolute atomic E-state index is 0.233. The quantitative estimate of drug-likeness (QED) is 0.652. The molecule has 1 aromatic rings. The molecule has 0 aliphatic carbocycles. The highest BCUT2D eigenvalue weighted by atomic mass is 35.5. The summed E-state index contributed by atoms with van der Waals surface area (Å²) in [6.45, 7) is 3.48. The summed E-state index contributed by atoms with van der Waals surface area (Å²) in [5.41, 5.74) is 0.611. The van der Waals surface area contributed by atoms with E-state index in [4.69, 9.17) is 28.5 Å². The second-order valence-electron chi connectivity index (χ2n) is 2.07. The lowest BCUT2D eigenvalue weighted by Crippen LogP contribution is -1.86. The van der Waals surface area contributed by atoms with Crippen molar-refractivity contribution in [1.29, 1.82) is 5.26 Å². The van der Waals surface area contributed by atoms with Gasteiger partial charge in [0.2, 0.25) is 0 Å². The van der Waals surface area contributed by atoms with E-state index in [0.29, 0.717) is 15.7 Å². The fourth-order valence-electron chi connectivity index (χ4n) is 0.690. The van der Waals surface area contributed by atoms with Crippen LogP contribution < -0.4 is 0 Å². The van der Waals surface area contributed by atoms with Gasteiger partial charge in [0, 0.05) is 6.20 Å². The van der Waals surface area contributed by atoms with Gasteiger partial charge in [0.1, 0.15) is 6.07 Å². The predicted octanol–water partition coefficient (Wildman–Crippen LogP) is 2.93. The second kappa shape index (κ2) is 3.57. The molecular weight excluding hydrogens is 195 g/mol. The van der Waals surface area contributed by atoms with Crippen molar-refractivity contribution >= 4 is 28.8 Å². The Balaban J connectivity index is 3.20. The van der Waals surface area contributed by atoms with Crippen molar-refractivity contribution < 1.29 is 0 Å². The normalized spacial score (nSPS) is 9.08. The molecule has 0 unspecified atom stereocenters. The molecule has 60 valence electrons. The van der Waals surface area contributed by atoms with E-state index in [2.05, 4.69) is 11.6 Å². The Bertz CT molecular complexity index is 366. The van der Waals surface area contributed by atoms with E-state index in [1.165, 1.54) is 12.3 Å². The molecule has 0 fully saturated rings. The van der Waals surface area contributed by atoms with E-state index in [-0.39, 0.29) is 5.57 Å². The summed E-state index contributed by atoms with van der Waals surface area (Å²) in [4.78, 5) is 3.86. The molecule has 0 aromatic carbocycles. The number of pyridine rings is 1. The van der Waals surface area contributed by atoms with Crippen LogP contribution in [0.1, 0.15) is 5.69 Å². The second-order valence-corrected chi connectivity index (χ2v) is 2.92. The molecule has 1 aromatic heterocycles. The maximum Gasteiger partial charge on any atom is 0.101 e. The SMILES string of the molecule is C=C(C#N)c1ncc(Cl)cc1Cl. The topological polar surface area (TPSA) is 36.7 Å². The van der Waals surface area contributed by atoms with E-state index in [1.54, 1.807) is 0 Å². The summed E-state index contributed by atoms with van der Waals surface area (Å²) >= 11 is 11.3. The average Bonchev–Trinajstić information content (AvgIpc) is 2.03. The van der Waals surface area contributed by atoms with Crippen LogP contribution in [0.5, 0.6) is 0 Å². The third-order valence-electron chi connectivity index (χ3n) is 1.23. The standard InChI is InChI=1S/C8H4Cl2N2/c1-5(3-11)8-7(10)2-6(9)4-12-8/h2,4H,1H2.